The largest absolute Gasteiger partial charge is 0.459 e. The summed E-state index contributed by atoms with van der Waals surface area (Å²) in [5, 5.41) is 4.77. The van der Waals surface area contributed by atoms with Crippen molar-refractivity contribution >= 4 is 11.0 Å². The fourth-order valence-electron chi connectivity index (χ4n) is 2.92. The van der Waals surface area contributed by atoms with Crippen molar-refractivity contribution < 1.29 is 9.15 Å². The summed E-state index contributed by atoms with van der Waals surface area (Å²) in [5.74, 6) is 1.01. The minimum absolute atomic E-state index is 0.171. The molecule has 3 rings (SSSR count). The van der Waals surface area contributed by atoms with Crippen LogP contribution in [0, 0.1) is 6.92 Å². The van der Waals surface area contributed by atoms with E-state index < -0.39 is 0 Å². The van der Waals surface area contributed by atoms with Crippen LogP contribution in [0.25, 0.3) is 11.0 Å². The molecule has 1 saturated heterocycles. The van der Waals surface area contributed by atoms with Crippen LogP contribution in [0.3, 0.4) is 0 Å². The molecule has 0 bridgehead atoms. The predicted molar refractivity (Wildman–Crippen MR) is 81.0 cm³/mol. The van der Waals surface area contributed by atoms with Crippen LogP contribution in [-0.2, 0) is 4.74 Å². The van der Waals surface area contributed by atoms with Crippen LogP contribution >= 0.6 is 0 Å². The summed E-state index contributed by atoms with van der Waals surface area (Å²) in [7, 11) is 0. The molecule has 0 spiro atoms. The highest BCUT2D eigenvalue weighted by Crippen LogP contribution is 2.31. The van der Waals surface area contributed by atoms with Crippen molar-refractivity contribution in [2.45, 2.75) is 45.3 Å². The maximum absolute atomic E-state index is 6.05. The molecule has 2 aromatic rings. The van der Waals surface area contributed by atoms with E-state index in [1.165, 1.54) is 10.9 Å². The number of nitrogens with one attached hydrogen (secondary N) is 1. The van der Waals surface area contributed by atoms with Crippen molar-refractivity contribution in [3.05, 3.63) is 35.6 Å². The molecule has 2 unspecified atom stereocenters. The van der Waals surface area contributed by atoms with E-state index in [1.807, 2.05) is 0 Å². The van der Waals surface area contributed by atoms with Gasteiger partial charge in [-0.15, -0.1) is 0 Å². The summed E-state index contributed by atoms with van der Waals surface area (Å²) in [6.45, 7) is 6.15. The molecule has 20 heavy (non-hydrogen) atoms. The van der Waals surface area contributed by atoms with Crippen LogP contribution in [0.1, 0.15) is 43.6 Å². The molecule has 108 valence electrons. The lowest BCUT2D eigenvalue weighted by atomic mass is 10.0. The second kappa shape index (κ2) is 5.98. The molecular weight excluding hydrogens is 250 g/mol. The number of furan rings is 1. The second-order valence-electron chi connectivity index (χ2n) is 5.67. The van der Waals surface area contributed by atoms with Crippen molar-refractivity contribution in [2.24, 2.45) is 0 Å². The van der Waals surface area contributed by atoms with E-state index in [0.717, 1.165) is 43.8 Å². The summed E-state index contributed by atoms with van der Waals surface area (Å²) in [6.07, 6.45) is 3.61. The first-order valence-corrected chi connectivity index (χ1v) is 7.63. The first-order chi connectivity index (χ1) is 9.78. The minimum atomic E-state index is 0.171. The van der Waals surface area contributed by atoms with Gasteiger partial charge in [0, 0.05) is 12.0 Å². The average Bonchev–Trinajstić information content (AvgIpc) is 3.08. The van der Waals surface area contributed by atoms with E-state index in [9.17, 15) is 0 Å². The van der Waals surface area contributed by atoms with E-state index in [0.29, 0.717) is 0 Å². The summed E-state index contributed by atoms with van der Waals surface area (Å²) in [6, 6.07) is 8.66. The van der Waals surface area contributed by atoms with Crippen LogP contribution < -0.4 is 5.32 Å². The zero-order valence-corrected chi connectivity index (χ0v) is 12.3. The molecule has 1 aromatic heterocycles. The number of fused-ring (bicyclic) bond motifs is 1. The normalized spacial score (nSPS) is 20.6. The van der Waals surface area contributed by atoms with E-state index in [-0.39, 0.29) is 12.1 Å². The molecule has 1 fully saturated rings. The van der Waals surface area contributed by atoms with Crippen molar-refractivity contribution in [1.82, 2.24) is 5.32 Å². The van der Waals surface area contributed by atoms with Gasteiger partial charge in [-0.25, -0.2) is 0 Å². The highest BCUT2D eigenvalue weighted by atomic mass is 16.5. The molecule has 0 amide bonds. The van der Waals surface area contributed by atoms with E-state index in [1.54, 1.807) is 0 Å². The molecular formula is C17H23NO2. The molecule has 1 aromatic carbocycles. The molecule has 2 atom stereocenters. The number of benzene rings is 1. The molecule has 3 heteroatoms. The molecule has 0 radical (unpaired) electrons. The second-order valence-corrected chi connectivity index (χ2v) is 5.67. The third kappa shape index (κ3) is 2.74. The molecule has 1 N–H and O–H groups in total. The van der Waals surface area contributed by atoms with Crippen LogP contribution in [0.2, 0.25) is 0 Å². The minimum Gasteiger partial charge on any atom is -0.459 e. The van der Waals surface area contributed by atoms with Gasteiger partial charge in [0.05, 0.1) is 12.1 Å². The lowest BCUT2D eigenvalue weighted by Gasteiger charge is -2.22. The van der Waals surface area contributed by atoms with Crippen LogP contribution in [-0.4, -0.2) is 19.3 Å². The Morgan fingerprint density at radius 1 is 1.35 bits per heavy atom. The predicted octanol–water partition coefficient (Wildman–Crippen LogP) is 3.96. The Labute approximate surface area is 120 Å². The third-order valence-electron chi connectivity index (χ3n) is 3.95. The highest BCUT2D eigenvalue weighted by molar-refractivity contribution is 5.78. The van der Waals surface area contributed by atoms with E-state index >= 15 is 0 Å². The fraction of sp³-hybridized carbons (Fsp3) is 0.529. The summed E-state index contributed by atoms with van der Waals surface area (Å²) >= 11 is 0. The number of aryl methyl sites for hydroxylation is 1. The number of ether oxygens (including phenoxy) is 1. The SMILES string of the molecule is CCCNC(c1cc2cc(C)ccc2o1)C1CCCO1. The standard InChI is InChI=1S/C17H23NO2/c1-3-8-18-17(15-5-4-9-19-15)16-11-13-10-12(2)6-7-14(13)20-16/h6-7,10-11,15,17-18H,3-5,8-9H2,1-2H3. The van der Waals surface area contributed by atoms with Gasteiger partial charge in [-0.1, -0.05) is 18.6 Å². The molecule has 1 aliphatic heterocycles. The Bertz CT molecular complexity index is 569. The lowest BCUT2D eigenvalue weighted by molar-refractivity contribution is 0.0718. The first kappa shape index (κ1) is 13.7. The van der Waals surface area contributed by atoms with Gasteiger partial charge >= 0.3 is 0 Å². The molecule has 2 heterocycles. The van der Waals surface area contributed by atoms with E-state index in [2.05, 4.69) is 43.4 Å². The van der Waals surface area contributed by atoms with Gasteiger partial charge in [-0.05, 0) is 50.9 Å². The van der Waals surface area contributed by atoms with Gasteiger partial charge in [0.1, 0.15) is 11.3 Å². The zero-order chi connectivity index (χ0) is 13.9. The summed E-state index contributed by atoms with van der Waals surface area (Å²) in [4.78, 5) is 0. The highest BCUT2D eigenvalue weighted by Gasteiger charge is 2.29. The Balaban J connectivity index is 1.90. The maximum Gasteiger partial charge on any atom is 0.134 e. The van der Waals surface area contributed by atoms with Gasteiger partial charge in [0.2, 0.25) is 0 Å². The van der Waals surface area contributed by atoms with Crippen molar-refractivity contribution in [2.75, 3.05) is 13.2 Å². The smallest absolute Gasteiger partial charge is 0.134 e. The topological polar surface area (TPSA) is 34.4 Å². The van der Waals surface area contributed by atoms with Gasteiger partial charge in [-0.2, -0.15) is 0 Å². The van der Waals surface area contributed by atoms with Crippen molar-refractivity contribution in [3.8, 4) is 0 Å². The maximum atomic E-state index is 6.05. The average molecular weight is 273 g/mol. The number of rotatable bonds is 5. The van der Waals surface area contributed by atoms with E-state index in [4.69, 9.17) is 9.15 Å². The summed E-state index contributed by atoms with van der Waals surface area (Å²) < 4.78 is 11.9. The molecule has 3 nitrogen and oxygen atoms in total. The Kier molecular flexibility index (Phi) is 4.08. The molecule has 1 aliphatic rings. The Morgan fingerprint density at radius 2 is 2.25 bits per heavy atom. The van der Waals surface area contributed by atoms with Gasteiger partial charge < -0.3 is 14.5 Å². The fourth-order valence-corrected chi connectivity index (χ4v) is 2.92. The monoisotopic (exact) mass is 273 g/mol. The first-order valence-electron chi connectivity index (χ1n) is 7.63. The molecule has 0 saturated carbocycles. The van der Waals surface area contributed by atoms with Crippen molar-refractivity contribution in [1.29, 1.82) is 0 Å². The Hall–Kier alpha value is -1.32. The van der Waals surface area contributed by atoms with Crippen LogP contribution in [0.5, 0.6) is 0 Å². The number of hydrogen-bond acceptors (Lipinski definition) is 3. The Morgan fingerprint density at radius 3 is 3.00 bits per heavy atom. The third-order valence-corrected chi connectivity index (χ3v) is 3.95. The van der Waals surface area contributed by atoms with Gasteiger partial charge in [-0.3, -0.25) is 0 Å². The summed E-state index contributed by atoms with van der Waals surface area (Å²) in [5.41, 5.74) is 2.23. The zero-order valence-electron chi connectivity index (χ0n) is 12.3. The quantitative estimate of drug-likeness (QED) is 0.895. The lowest BCUT2D eigenvalue weighted by Crippen LogP contribution is -2.31. The number of hydrogen-bond donors (Lipinski definition) is 1. The van der Waals surface area contributed by atoms with Gasteiger partial charge in [0.25, 0.3) is 0 Å². The van der Waals surface area contributed by atoms with Gasteiger partial charge in [0.15, 0.2) is 0 Å². The van der Waals surface area contributed by atoms with Crippen LogP contribution in [0.4, 0.5) is 0 Å². The molecule has 0 aliphatic carbocycles. The van der Waals surface area contributed by atoms with Crippen LogP contribution in [0.15, 0.2) is 28.7 Å². The van der Waals surface area contributed by atoms with Crippen molar-refractivity contribution in [3.63, 3.8) is 0 Å².